The van der Waals surface area contributed by atoms with E-state index in [2.05, 4.69) is 0 Å². The van der Waals surface area contributed by atoms with E-state index in [9.17, 15) is 4.79 Å². The van der Waals surface area contributed by atoms with Crippen LogP contribution in [-0.4, -0.2) is 24.2 Å². The molecule has 1 aliphatic carbocycles. The van der Waals surface area contributed by atoms with Crippen LogP contribution in [0.15, 0.2) is 65.3 Å². The molecular weight excluding hydrogens is 461 g/mol. The van der Waals surface area contributed by atoms with Gasteiger partial charge in [-0.2, -0.15) is 0 Å². The minimum absolute atomic E-state index is 0.0817. The molecule has 33 heavy (non-hydrogen) atoms. The summed E-state index contributed by atoms with van der Waals surface area (Å²) in [7, 11) is 0. The number of carbonyl (C=O) groups is 1. The predicted molar refractivity (Wildman–Crippen MR) is 129 cm³/mol. The summed E-state index contributed by atoms with van der Waals surface area (Å²) < 4.78 is 16.7. The Hall–Kier alpha value is -3.28. The Morgan fingerprint density at radius 2 is 1.94 bits per heavy atom. The Balaban J connectivity index is 1.39. The number of rotatable bonds is 6. The van der Waals surface area contributed by atoms with Crippen molar-refractivity contribution in [1.82, 2.24) is 4.98 Å². The van der Waals surface area contributed by atoms with Crippen LogP contribution in [0.4, 0.5) is 0 Å². The molecule has 0 unspecified atom stereocenters. The highest BCUT2D eigenvalue weighted by Gasteiger charge is 2.27. The first kappa shape index (κ1) is 21.6. The standard InChI is InChI=1S/C26H19Cl2NO4/c27-17-8-10-23(21(28)15-17)32-12-13-33-26(30)24-19-5-1-2-6-22(19)29-25-16(7-9-20(24)25)14-18-4-3-11-31-18/h1-6,8,10-11,14-15H,7,9,12-13H2. The van der Waals surface area contributed by atoms with Gasteiger partial charge >= 0.3 is 5.97 Å². The van der Waals surface area contributed by atoms with Crippen molar-refractivity contribution in [2.75, 3.05) is 13.2 Å². The van der Waals surface area contributed by atoms with Crippen molar-refractivity contribution in [3.05, 3.63) is 93.5 Å². The molecule has 0 bridgehead atoms. The van der Waals surface area contributed by atoms with E-state index < -0.39 is 5.97 Å². The molecule has 0 radical (unpaired) electrons. The van der Waals surface area contributed by atoms with Gasteiger partial charge in [0.15, 0.2) is 0 Å². The molecule has 7 heteroatoms. The second kappa shape index (κ2) is 9.30. The molecule has 5 rings (SSSR count). The Bertz CT molecular complexity index is 1360. The number of pyridine rings is 1. The number of carbonyl (C=O) groups excluding carboxylic acids is 1. The highest BCUT2D eigenvalue weighted by Crippen LogP contribution is 2.38. The van der Waals surface area contributed by atoms with E-state index in [1.54, 1.807) is 24.5 Å². The van der Waals surface area contributed by atoms with Crippen LogP contribution in [0.1, 0.15) is 33.8 Å². The Kier molecular flexibility index (Phi) is 6.07. The summed E-state index contributed by atoms with van der Waals surface area (Å²) in [5.74, 6) is 0.852. The third-order valence-electron chi connectivity index (χ3n) is 5.47. The summed E-state index contributed by atoms with van der Waals surface area (Å²) in [6.45, 7) is 0.250. The topological polar surface area (TPSA) is 61.6 Å². The number of hydrogen-bond donors (Lipinski definition) is 0. The van der Waals surface area contributed by atoms with Crippen molar-refractivity contribution in [1.29, 1.82) is 0 Å². The number of halogens is 2. The van der Waals surface area contributed by atoms with Gasteiger partial charge in [-0.05, 0) is 66.5 Å². The summed E-state index contributed by atoms with van der Waals surface area (Å²) in [6.07, 6.45) is 5.10. The molecule has 0 spiro atoms. The summed E-state index contributed by atoms with van der Waals surface area (Å²) in [6, 6.07) is 16.3. The van der Waals surface area contributed by atoms with Crippen LogP contribution < -0.4 is 4.74 Å². The number of benzene rings is 2. The van der Waals surface area contributed by atoms with Gasteiger partial charge in [0.05, 0.1) is 28.1 Å². The molecule has 2 aromatic heterocycles. The Morgan fingerprint density at radius 3 is 2.76 bits per heavy atom. The second-order valence-electron chi connectivity index (χ2n) is 7.58. The number of nitrogens with zero attached hydrogens (tertiary/aromatic N) is 1. The van der Waals surface area contributed by atoms with Crippen molar-refractivity contribution >= 4 is 51.7 Å². The molecule has 0 fully saturated rings. The molecule has 166 valence electrons. The molecule has 0 atom stereocenters. The van der Waals surface area contributed by atoms with Gasteiger partial charge in [0.2, 0.25) is 0 Å². The van der Waals surface area contributed by atoms with E-state index in [0.29, 0.717) is 27.8 Å². The summed E-state index contributed by atoms with van der Waals surface area (Å²) in [5.41, 5.74) is 4.07. The maximum absolute atomic E-state index is 13.2. The normalized spacial score (nSPS) is 13.9. The lowest BCUT2D eigenvalue weighted by Gasteiger charge is -2.13. The summed E-state index contributed by atoms with van der Waals surface area (Å²) in [4.78, 5) is 18.0. The van der Waals surface area contributed by atoms with Crippen LogP contribution in [0.2, 0.25) is 10.0 Å². The molecule has 2 aromatic carbocycles. The lowest BCUT2D eigenvalue weighted by molar-refractivity contribution is 0.0451. The van der Waals surface area contributed by atoms with Gasteiger partial charge in [-0.25, -0.2) is 9.78 Å². The molecule has 5 nitrogen and oxygen atoms in total. The second-order valence-corrected chi connectivity index (χ2v) is 8.42. The number of ether oxygens (including phenoxy) is 2. The molecule has 0 saturated carbocycles. The average molecular weight is 480 g/mol. The van der Waals surface area contributed by atoms with Crippen molar-refractivity contribution in [2.24, 2.45) is 0 Å². The van der Waals surface area contributed by atoms with E-state index in [1.807, 2.05) is 42.5 Å². The van der Waals surface area contributed by atoms with Gasteiger partial charge in [0.25, 0.3) is 0 Å². The number of esters is 1. The number of furan rings is 1. The van der Waals surface area contributed by atoms with Gasteiger partial charge in [0.1, 0.15) is 24.7 Å². The van der Waals surface area contributed by atoms with Gasteiger partial charge in [-0.3, -0.25) is 0 Å². The SMILES string of the molecule is O=C(OCCOc1ccc(Cl)cc1Cl)c1c2c(nc3ccccc13)C(=Cc1ccco1)CC2. The third-order valence-corrected chi connectivity index (χ3v) is 6.00. The largest absolute Gasteiger partial charge is 0.488 e. The zero-order valence-electron chi connectivity index (χ0n) is 17.5. The van der Waals surface area contributed by atoms with Crippen molar-refractivity contribution in [2.45, 2.75) is 12.8 Å². The molecule has 0 amide bonds. The first-order chi connectivity index (χ1) is 16.1. The van der Waals surface area contributed by atoms with Crippen molar-refractivity contribution in [3.8, 4) is 5.75 Å². The molecule has 1 aliphatic rings. The van der Waals surface area contributed by atoms with Crippen molar-refractivity contribution < 1.29 is 18.7 Å². The molecule has 4 aromatic rings. The maximum atomic E-state index is 13.2. The number of allylic oxidation sites excluding steroid dienone is 1. The molecule has 0 saturated heterocycles. The molecular formula is C26H19Cl2NO4. The number of para-hydroxylation sites is 1. The Labute approximate surface area is 200 Å². The minimum atomic E-state index is -0.394. The average Bonchev–Trinajstić information content (AvgIpc) is 3.46. The van der Waals surface area contributed by atoms with Crippen molar-refractivity contribution in [3.63, 3.8) is 0 Å². The van der Waals surface area contributed by atoms with E-state index in [-0.39, 0.29) is 13.2 Å². The molecule has 0 N–H and O–H groups in total. The number of aromatic nitrogens is 1. The van der Waals surface area contributed by atoms with E-state index in [4.69, 9.17) is 42.1 Å². The fraction of sp³-hybridized carbons (Fsp3) is 0.154. The Morgan fingerprint density at radius 1 is 1.06 bits per heavy atom. The van der Waals surface area contributed by atoms with E-state index in [1.165, 1.54) is 0 Å². The number of fused-ring (bicyclic) bond motifs is 2. The highest BCUT2D eigenvalue weighted by atomic mass is 35.5. The van der Waals surface area contributed by atoms with Crippen LogP contribution >= 0.6 is 23.2 Å². The molecule has 0 aliphatic heterocycles. The summed E-state index contributed by atoms with van der Waals surface area (Å²) in [5, 5.41) is 1.71. The molecule has 2 heterocycles. The van der Waals surface area contributed by atoms with E-state index in [0.717, 1.165) is 39.9 Å². The maximum Gasteiger partial charge on any atom is 0.339 e. The van der Waals surface area contributed by atoms with Crippen LogP contribution in [0.3, 0.4) is 0 Å². The third kappa shape index (κ3) is 4.47. The smallest absolute Gasteiger partial charge is 0.339 e. The lowest BCUT2D eigenvalue weighted by atomic mass is 10.0. The quantitative estimate of drug-likeness (QED) is 0.223. The lowest BCUT2D eigenvalue weighted by Crippen LogP contribution is -2.15. The summed E-state index contributed by atoms with van der Waals surface area (Å²) >= 11 is 12.0. The van der Waals surface area contributed by atoms with Gasteiger partial charge < -0.3 is 13.9 Å². The van der Waals surface area contributed by atoms with Crippen LogP contribution in [0.5, 0.6) is 5.75 Å². The zero-order valence-corrected chi connectivity index (χ0v) is 19.0. The number of hydrogen-bond acceptors (Lipinski definition) is 5. The van der Waals surface area contributed by atoms with Gasteiger partial charge in [-0.1, -0.05) is 41.4 Å². The first-order valence-electron chi connectivity index (χ1n) is 10.5. The van der Waals surface area contributed by atoms with Crippen LogP contribution in [0.25, 0.3) is 22.6 Å². The monoisotopic (exact) mass is 479 g/mol. The minimum Gasteiger partial charge on any atom is -0.488 e. The highest BCUT2D eigenvalue weighted by molar-refractivity contribution is 6.35. The van der Waals surface area contributed by atoms with Gasteiger partial charge in [0, 0.05) is 10.4 Å². The zero-order chi connectivity index (χ0) is 22.8. The van der Waals surface area contributed by atoms with E-state index >= 15 is 0 Å². The first-order valence-corrected chi connectivity index (χ1v) is 11.3. The van der Waals surface area contributed by atoms with Crippen LogP contribution in [-0.2, 0) is 11.2 Å². The fourth-order valence-electron chi connectivity index (χ4n) is 4.01. The van der Waals surface area contributed by atoms with Gasteiger partial charge in [-0.15, -0.1) is 0 Å². The predicted octanol–water partition coefficient (Wildman–Crippen LogP) is 6.86. The van der Waals surface area contributed by atoms with Crippen LogP contribution in [0, 0.1) is 0 Å². The fourth-order valence-corrected chi connectivity index (χ4v) is 4.47.